The van der Waals surface area contributed by atoms with Gasteiger partial charge in [-0.05, 0) is 6.42 Å². The first kappa shape index (κ1) is 10.7. The minimum atomic E-state index is -0.921. The van der Waals surface area contributed by atoms with Crippen molar-refractivity contribution in [2.75, 3.05) is 0 Å². The highest BCUT2D eigenvalue weighted by molar-refractivity contribution is 7.07. The van der Waals surface area contributed by atoms with Crippen molar-refractivity contribution in [1.82, 2.24) is 4.57 Å². The van der Waals surface area contributed by atoms with E-state index in [1.54, 1.807) is 24.6 Å². The molecule has 0 spiro atoms. The molecule has 5 heteroatoms. The van der Waals surface area contributed by atoms with Crippen molar-refractivity contribution < 1.29 is 9.90 Å². The van der Waals surface area contributed by atoms with Crippen LogP contribution in [-0.4, -0.2) is 15.6 Å². The van der Waals surface area contributed by atoms with Gasteiger partial charge in [-0.3, -0.25) is 4.79 Å². The van der Waals surface area contributed by atoms with Gasteiger partial charge in [-0.1, -0.05) is 24.3 Å². The van der Waals surface area contributed by atoms with Crippen LogP contribution in [0.15, 0.2) is 28.0 Å². The monoisotopic (exact) mass is 213 g/mol. The molecule has 0 amide bonds. The summed E-state index contributed by atoms with van der Waals surface area (Å²) in [6.45, 7) is 2.11. The summed E-state index contributed by atoms with van der Waals surface area (Å²) in [4.78, 5) is 21.6. The Bertz CT molecular complexity index is 402. The Balaban J connectivity index is 2.76. The zero-order valence-corrected chi connectivity index (χ0v) is 8.58. The van der Waals surface area contributed by atoms with Gasteiger partial charge in [-0.2, -0.15) is 0 Å². The lowest BCUT2D eigenvalue weighted by atomic mass is 10.2. The molecule has 14 heavy (non-hydrogen) atoms. The molecule has 1 N–H and O–H groups in total. The van der Waals surface area contributed by atoms with Gasteiger partial charge in [0.25, 0.3) is 0 Å². The van der Waals surface area contributed by atoms with Crippen LogP contribution in [0.3, 0.4) is 0 Å². The lowest BCUT2D eigenvalue weighted by Gasteiger charge is -1.98. The number of nitrogens with zero attached hydrogens (tertiary/aromatic N) is 1. The van der Waals surface area contributed by atoms with Gasteiger partial charge in [0.1, 0.15) is 0 Å². The molecule has 0 aliphatic heterocycles. The highest BCUT2D eigenvalue weighted by Crippen LogP contribution is 2.01. The Hall–Kier alpha value is -1.36. The molecule has 1 heterocycles. The summed E-state index contributed by atoms with van der Waals surface area (Å²) in [6.07, 6.45) is 3.68. The molecule has 0 saturated heterocycles. The molecule has 76 valence electrons. The number of hydrogen-bond acceptors (Lipinski definition) is 3. The molecule has 0 fully saturated rings. The van der Waals surface area contributed by atoms with Gasteiger partial charge in [0.15, 0.2) is 0 Å². The van der Waals surface area contributed by atoms with Crippen LogP contribution in [0.4, 0.5) is 0 Å². The number of rotatable bonds is 4. The Morgan fingerprint density at radius 1 is 1.71 bits per heavy atom. The molecule has 1 aromatic rings. The number of allylic oxidation sites excluding steroid dienone is 1. The van der Waals surface area contributed by atoms with Crippen LogP contribution in [0, 0.1) is 0 Å². The normalized spacial score (nSPS) is 11.6. The summed E-state index contributed by atoms with van der Waals surface area (Å²) < 4.78 is 1.48. The maximum Gasteiger partial charge on any atom is 0.331 e. The van der Waals surface area contributed by atoms with E-state index in [9.17, 15) is 9.59 Å². The topological polar surface area (TPSA) is 59.3 Å². The molecule has 0 radical (unpaired) electrons. The summed E-state index contributed by atoms with van der Waals surface area (Å²) in [5.41, 5.74) is 0.336. The predicted molar refractivity (Wildman–Crippen MR) is 54.6 cm³/mol. The Labute approximate surface area is 85.1 Å². The van der Waals surface area contributed by atoms with Crippen molar-refractivity contribution in [3.8, 4) is 0 Å². The number of hydrogen-bond donors (Lipinski definition) is 1. The molecule has 0 aliphatic rings. The summed E-state index contributed by atoms with van der Waals surface area (Å²) in [6, 6.07) is 0. The van der Waals surface area contributed by atoms with Gasteiger partial charge in [-0.25, -0.2) is 4.79 Å². The summed E-state index contributed by atoms with van der Waals surface area (Å²) in [5, 5.41) is 10.4. The fourth-order valence-corrected chi connectivity index (χ4v) is 1.61. The van der Waals surface area contributed by atoms with E-state index >= 15 is 0 Å². The zero-order chi connectivity index (χ0) is 10.6. The largest absolute Gasteiger partial charge is 0.478 e. The smallest absolute Gasteiger partial charge is 0.331 e. The van der Waals surface area contributed by atoms with Crippen molar-refractivity contribution in [1.29, 1.82) is 0 Å². The third-order valence-corrected chi connectivity index (χ3v) is 2.53. The Morgan fingerprint density at radius 3 is 2.86 bits per heavy atom. The van der Waals surface area contributed by atoms with Gasteiger partial charge in [0.05, 0.1) is 0 Å². The maximum absolute atomic E-state index is 11.1. The fraction of sp³-hybridized carbons (Fsp3) is 0.333. The van der Waals surface area contributed by atoms with E-state index in [-0.39, 0.29) is 4.87 Å². The molecule has 4 nitrogen and oxygen atoms in total. The Morgan fingerprint density at radius 2 is 2.43 bits per heavy atom. The zero-order valence-electron chi connectivity index (χ0n) is 7.77. The van der Waals surface area contributed by atoms with Crippen LogP contribution in [0.5, 0.6) is 0 Å². The molecule has 0 unspecified atom stereocenters. The second-order valence-electron chi connectivity index (χ2n) is 2.71. The molecule has 1 aromatic heterocycles. The van der Waals surface area contributed by atoms with Crippen molar-refractivity contribution >= 4 is 17.3 Å². The van der Waals surface area contributed by atoms with Crippen molar-refractivity contribution in [2.45, 2.75) is 19.9 Å². The molecule has 0 atom stereocenters. The van der Waals surface area contributed by atoms with Crippen LogP contribution >= 0.6 is 11.3 Å². The summed E-state index contributed by atoms with van der Waals surface area (Å²) >= 11 is 1.10. The summed E-state index contributed by atoms with van der Waals surface area (Å²) in [7, 11) is 0. The van der Waals surface area contributed by atoms with Crippen molar-refractivity contribution in [3.63, 3.8) is 0 Å². The number of thiazole rings is 1. The first-order valence-corrected chi connectivity index (χ1v) is 5.09. The third kappa shape index (κ3) is 2.56. The van der Waals surface area contributed by atoms with Gasteiger partial charge >= 0.3 is 10.8 Å². The summed E-state index contributed by atoms with van der Waals surface area (Å²) in [5.74, 6) is -0.921. The van der Waals surface area contributed by atoms with Crippen LogP contribution in [0.25, 0.3) is 0 Å². The van der Waals surface area contributed by atoms with Crippen LogP contribution in [0.2, 0.25) is 0 Å². The Kier molecular flexibility index (Phi) is 3.64. The van der Waals surface area contributed by atoms with Crippen LogP contribution in [-0.2, 0) is 11.3 Å². The molecular weight excluding hydrogens is 202 g/mol. The third-order valence-electron chi connectivity index (χ3n) is 1.83. The molecule has 1 rings (SSSR count). The highest BCUT2D eigenvalue weighted by atomic mass is 32.1. The molecule has 0 aliphatic carbocycles. The first-order valence-electron chi connectivity index (χ1n) is 4.21. The van der Waals surface area contributed by atoms with Crippen LogP contribution in [0.1, 0.15) is 13.3 Å². The number of aromatic nitrogens is 1. The minimum absolute atomic E-state index is 0.0675. The van der Waals surface area contributed by atoms with E-state index in [0.717, 1.165) is 11.3 Å². The lowest BCUT2D eigenvalue weighted by Crippen LogP contribution is -2.11. The fourth-order valence-electron chi connectivity index (χ4n) is 1.02. The van der Waals surface area contributed by atoms with Crippen molar-refractivity contribution in [3.05, 3.63) is 32.9 Å². The molecule has 0 bridgehead atoms. The van der Waals surface area contributed by atoms with Gasteiger partial charge in [-0.15, -0.1) is 0 Å². The average Bonchev–Trinajstić information content (AvgIpc) is 2.52. The number of carbonyl (C=O) groups is 1. The van der Waals surface area contributed by atoms with Crippen molar-refractivity contribution in [2.24, 2.45) is 0 Å². The van der Waals surface area contributed by atoms with Crippen LogP contribution < -0.4 is 4.87 Å². The van der Waals surface area contributed by atoms with E-state index in [2.05, 4.69) is 0 Å². The van der Waals surface area contributed by atoms with Gasteiger partial charge in [0, 0.05) is 23.7 Å². The van der Waals surface area contributed by atoms with E-state index in [1.807, 2.05) is 0 Å². The van der Waals surface area contributed by atoms with E-state index in [4.69, 9.17) is 5.11 Å². The van der Waals surface area contributed by atoms with E-state index in [1.165, 1.54) is 4.57 Å². The van der Waals surface area contributed by atoms with E-state index < -0.39 is 5.97 Å². The standard InChI is InChI=1S/C9H11NO3S/c1-2-7(8(11)12)3-4-10-5-6-14-9(10)13/h3,5-6H,2,4H2,1H3,(H,11,12). The molecular formula is C9H11NO3S. The quantitative estimate of drug-likeness (QED) is 0.767. The first-order chi connectivity index (χ1) is 6.65. The number of carboxylic acid groups (broad SMARTS) is 1. The predicted octanol–water partition coefficient (Wildman–Crippen LogP) is 1.33. The molecule has 0 saturated carbocycles. The number of aliphatic carboxylic acids is 1. The molecule has 0 aromatic carbocycles. The SMILES string of the molecule is CCC(=CCn1ccsc1=O)C(=O)O. The van der Waals surface area contributed by atoms with Gasteiger partial charge in [0.2, 0.25) is 0 Å². The second kappa shape index (κ2) is 4.76. The van der Waals surface area contributed by atoms with Gasteiger partial charge < -0.3 is 9.67 Å². The lowest BCUT2D eigenvalue weighted by molar-refractivity contribution is -0.132. The minimum Gasteiger partial charge on any atom is -0.478 e. The highest BCUT2D eigenvalue weighted by Gasteiger charge is 2.03. The average molecular weight is 213 g/mol. The maximum atomic E-state index is 11.1. The second-order valence-corrected chi connectivity index (χ2v) is 3.57. The number of carboxylic acids is 1. The van der Waals surface area contributed by atoms with E-state index in [0.29, 0.717) is 18.5 Å².